The van der Waals surface area contributed by atoms with Gasteiger partial charge in [-0.05, 0) is 37.9 Å². The lowest BCUT2D eigenvalue weighted by Crippen LogP contribution is -2.52. The normalized spacial score (nSPS) is 24.0. The Morgan fingerprint density at radius 3 is 2.35 bits per heavy atom. The Kier molecular flexibility index (Phi) is 4.78. The summed E-state index contributed by atoms with van der Waals surface area (Å²) in [7, 11) is 6.29. The van der Waals surface area contributed by atoms with E-state index in [2.05, 4.69) is 69.4 Å². The van der Waals surface area contributed by atoms with Crippen LogP contribution in [-0.4, -0.2) is 87.8 Å². The topological polar surface area (TPSA) is 46.5 Å². The van der Waals surface area contributed by atoms with Crippen LogP contribution in [0.2, 0.25) is 0 Å². The van der Waals surface area contributed by atoms with Crippen molar-refractivity contribution in [2.75, 3.05) is 65.3 Å². The first-order valence-corrected chi connectivity index (χ1v) is 9.42. The molecule has 1 N–H and O–H groups in total. The van der Waals surface area contributed by atoms with Gasteiger partial charge >= 0.3 is 0 Å². The molecule has 4 rings (SSSR count). The zero-order valence-corrected chi connectivity index (χ0v) is 15.9. The first-order chi connectivity index (χ1) is 12.7. The van der Waals surface area contributed by atoms with Crippen molar-refractivity contribution >= 4 is 22.8 Å². The van der Waals surface area contributed by atoms with Crippen molar-refractivity contribution < 1.29 is 0 Å². The summed E-state index contributed by atoms with van der Waals surface area (Å²) >= 11 is 0. The van der Waals surface area contributed by atoms with E-state index in [1.807, 2.05) is 7.05 Å². The van der Waals surface area contributed by atoms with Crippen LogP contribution < -0.4 is 10.2 Å². The maximum absolute atomic E-state index is 4.69. The highest BCUT2D eigenvalue weighted by atomic mass is 15.3. The summed E-state index contributed by atoms with van der Waals surface area (Å²) in [5.41, 5.74) is 5.79. The molecular formula is C20H28N6. The molecule has 3 aliphatic rings. The summed E-state index contributed by atoms with van der Waals surface area (Å²) < 4.78 is 0. The van der Waals surface area contributed by atoms with Gasteiger partial charge in [0.15, 0.2) is 0 Å². The van der Waals surface area contributed by atoms with E-state index in [1.54, 1.807) is 0 Å². The van der Waals surface area contributed by atoms with Gasteiger partial charge in [-0.1, -0.05) is 12.1 Å². The Hall–Kier alpha value is -2.18. The molecule has 0 spiro atoms. The number of aliphatic imine (C=N–C) groups is 2. The summed E-state index contributed by atoms with van der Waals surface area (Å²) in [5.74, 6) is 0. The largest absolute Gasteiger partial charge is 0.369 e. The zero-order valence-electron chi connectivity index (χ0n) is 15.9. The number of allylic oxidation sites excluding steroid dienone is 1. The van der Waals surface area contributed by atoms with Crippen molar-refractivity contribution in [2.45, 2.75) is 6.17 Å². The first-order valence-electron chi connectivity index (χ1n) is 9.42. The third-order valence-electron chi connectivity index (χ3n) is 5.53. The number of rotatable bonds is 3. The van der Waals surface area contributed by atoms with Crippen molar-refractivity contribution in [2.24, 2.45) is 9.98 Å². The van der Waals surface area contributed by atoms with Crippen molar-refractivity contribution in [3.63, 3.8) is 0 Å². The van der Waals surface area contributed by atoms with Crippen LogP contribution in [0.25, 0.3) is 5.70 Å². The Morgan fingerprint density at radius 1 is 0.962 bits per heavy atom. The fourth-order valence-corrected chi connectivity index (χ4v) is 3.93. The molecule has 6 nitrogen and oxygen atoms in total. The fourth-order valence-electron chi connectivity index (χ4n) is 3.93. The number of fused-ring (bicyclic) bond motifs is 1. The third kappa shape index (κ3) is 3.15. The summed E-state index contributed by atoms with van der Waals surface area (Å²) in [4.78, 5) is 16.5. The highest BCUT2D eigenvalue weighted by molar-refractivity contribution is 6.50. The lowest BCUT2D eigenvalue weighted by Gasteiger charge is -2.38. The molecule has 3 aliphatic heterocycles. The van der Waals surface area contributed by atoms with E-state index in [1.165, 1.54) is 16.9 Å². The molecular weight excluding hydrogens is 324 g/mol. The van der Waals surface area contributed by atoms with Gasteiger partial charge < -0.3 is 14.7 Å². The number of hydrogen-bond donors (Lipinski definition) is 1. The maximum Gasteiger partial charge on any atom is 0.124 e. The quantitative estimate of drug-likeness (QED) is 0.887. The van der Waals surface area contributed by atoms with Gasteiger partial charge in [-0.25, -0.2) is 0 Å². The summed E-state index contributed by atoms with van der Waals surface area (Å²) in [5, 5.41) is 3.38. The average molecular weight is 352 g/mol. The van der Waals surface area contributed by atoms with Crippen LogP contribution in [0.3, 0.4) is 0 Å². The van der Waals surface area contributed by atoms with E-state index in [-0.39, 0.29) is 6.17 Å². The van der Waals surface area contributed by atoms with Crippen molar-refractivity contribution in [3.05, 3.63) is 35.9 Å². The second kappa shape index (κ2) is 7.21. The van der Waals surface area contributed by atoms with Crippen LogP contribution in [0, 0.1) is 0 Å². The smallest absolute Gasteiger partial charge is 0.124 e. The van der Waals surface area contributed by atoms with Crippen LogP contribution in [0.4, 0.5) is 5.69 Å². The Morgan fingerprint density at radius 2 is 1.65 bits per heavy atom. The minimum absolute atomic E-state index is 0.0753. The molecule has 3 heterocycles. The third-order valence-corrected chi connectivity index (χ3v) is 5.53. The molecule has 1 aromatic rings. The molecule has 0 bridgehead atoms. The summed E-state index contributed by atoms with van der Waals surface area (Å²) in [6.07, 6.45) is 2.25. The van der Waals surface area contributed by atoms with Crippen LogP contribution in [0.1, 0.15) is 5.56 Å². The molecule has 6 heteroatoms. The molecule has 0 aromatic heterocycles. The molecule has 1 saturated heterocycles. The molecule has 1 unspecified atom stereocenters. The number of nitrogens with one attached hydrogen (secondary N) is 1. The molecule has 138 valence electrons. The van der Waals surface area contributed by atoms with Crippen molar-refractivity contribution in [1.29, 1.82) is 0 Å². The predicted molar refractivity (Wildman–Crippen MR) is 109 cm³/mol. The molecule has 0 amide bonds. The number of likely N-dealkylation sites (N-methyl/N-ethyl adjacent to an activating group) is 1. The van der Waals surface area contributed by atoms with Crippen LogP contribution in [0.15, 0.2) is 40.3 Å². The number of nitrogens with zero attached hydrogens (tertiary/aromatic N) is 5. The Bertz CT molecular complexity index is 740. The number of piperazine rings is 1. The van der Waals surface area contributed by atoms with Crippen molar-refractivity contribution in [3.8, 4) is 0 Å². The number of hydrogen-bond acceptors (Lipinski definition) is 6. The minimum Gasteiger partial charge on any atom is -0.369 e. The Balaban J connectivity index is 1.59. The van der Waals surface area contributed by atoms with Crippen LogP contribution >= 0.6 is 0 Å². The van der Waals surface area contributed by atoms with E-state index in [0.29, 0.717) is 0 Å². The standard InChI is InChI=1S/C20H28N6/c1-21-20-19-17(22-8-9-23-19)14-18(25(20)3)15-4-6-16(7-5-15)26-12-10-24(2)11-13-26/h4-7,14,20-21H,8-13H2,1-3H3. The Labute approximate surface area is 155 Å². The van der Waals surface area contributed by atoms with Gasteiger partial charge in [-0.2, -0.15) is 0 Å². The van der Waals surface area contributed by atoms with Gasteiger partial charge in [-0.15, -0.1) is 0 Å². The second-order valence-corrected chi connectivity index (χ2v) is 7.20. The fraction of sp³-hybridized carbons (Fsp3) is 0.500. The molecule has 0 saturated carbocycles. The van der Waals surface area contributed by atoms with Gasteiger partial charge in [0.25, 0.3) is 0 Å². The number of anilines is 1. The molecule has 0 radical (unpaired) electrons. The molecule has 1 aromatic carbocycles. The van der Waals surface area contributed by atoms with Crippen LogP contribution in [-0.2, 0) is 0 Å². The lowest BCUT2D eigenvalue weighted by molar-refractivity contribution is 0.313. The highest BCUT2D eigenvalue weighted by Gasteiger charge is 2.31. The molecule has 0 aliphatic carbocycles. The minimum atomic E-state index is 0.0753. The van der Waals surface area contributed by atoms with Crippen molar-refractivity contribution in [1.82, 2.24) is 15.1 Å². The van der Waals surface area contributed by atoms with Gasteiger partial charge in [0.2, 0.25) is 0 Å². The van der Waals surface area contributed by atoms with E-state index in [0.717, 1.165) is 50.7 Å². The number of benzene rings is 1. The monoisotopic (exact) mass is 352 g/mol. The van der Waals surface area contributed by atoms with Gasteiger partial charge in [0.05, 0.1) is 24.5 Å². The van der Waals surface area contributed by atoms with E-state index in [9.17, 15) is 0 Å². The zero-order chi connectivity index (χ0) is 18.1. The highest BCUT2D eigenvalue weighted by Crippen LogP contribution is 2.27. The van der Waals surface area contributed by atoms with E-state index < -0.39 is 0 Å². The van der Waals surface area contributed by atoms with Gasteiger partial charge in [-0.3, -0.25) is 15.3 Å². The predicted octanol–water partition coefficient (Wildman–Crippen LogP) is 1.17. The molecule has 1 fully saturated rings. The lowest BCUT2D eigenvalue weighted by atomic mass is 9.99. The summed E-state index contributed by atoms with van der Waals surface area (Å²) in [6, 6.07) is 8.95. The molecule has 1 atom stereocenters. The molecule has 26 heavy (non-hydrogen) atoms. The van der Waals surface area contributed by atoms with Crippen LogP contribution in [0.5, 0.6) is 0 Å². The van der Waals surface area contributed by atoms with Gasteiger partial charge in [0, 0.05) is 44.6 Å². The summed E-state index contributed by atoms with van der Waals surface area (Å²) in [6.45, 7) is 6.01. The second-order valence-electron chi connectivity index (χ2n) is 7.20. The SMILES string of the molecule is CNC1C2=NCCN=C2C=C(c2ccc(N3CCN(C)CC3)cc2)N1C. The average Bonchev–Trinajstić information content (AvgIpc) is 2.68. The first kappa shape index (κ1) is 17.2. The van der Waals surface area contributed by atoms with E-state index in [4.69, 9.17) is 4.99 Å². The van der Waals surface area contributed by atoms with E-state index >= 15 is 0 Å². The van der Waals surface area contributed by atoms with Gasteiger partial charge in [0.1, 0.15) is 6.17 Å². The maximum atomic E-state index is 4.69.